The van der Waals surface area contributed by atoms with Gasteiger partial charge in [-0.15, -0.1) is 0 Å². The van der Waals surface area contributed by atoms with E-state index >= 15 is 0 Å². The maximum atomic E-state index is 12.6. The number of carbonyl (C=O) groups is 1. The van der Waals surface area contributed by atoms with E-state index in [2.05, 4.69) is 6.07 Å². The summed E-state index contributed by atoms with van der Waals surface area (Å²) in [6.07, 6.45) is 3.16. The third-order valence-electron chi connectivity index (χ3n) is 5.39. The maximum absolute atomic E-state index is 12.6. The average molecular weight is 401 g/mol. The van der Waals surface area contributed by atoms with Crippen molar-refractivity contribution in [3.05, 3.63) is 53.6 Å². The van der Waals surface area contributed by atoms with Crippen LogP contribution in [0.5, 0.6) is 11.5 Å². The second-order valence-electron chi connectivity index (χ2n) is 7.35. The lowest BCUT2D eigenvalue weighted by Gasteiger charge is -2.17. The molecule has 1 fully saturated rings. The number of fused-ring (bicyclic) bond motifs is 1. The minimum absolute atomic E-state index is 0.135. The standard InChI is InChI=1S/C21H23NO5S/c1-28(24,25)18-6-2-15(3-7-18)4-9-21(23)22-11-10-17(13-22)16-5-8-19-20(12-16)27-14-26-19/h2-3,5-8,12,17H,4,9-11,13-14H2,1H3. The van der Waals surface area contributed by atoms with E-state index in [1.54, 1.807) is 24.3 Å². The zero-order valence-electron chi connectivity index (χ0n) is 15.8. The molecule has 0 aromatic heterocycles. The van der Waals surface area contributed by atoms with E-state index in [0.717, 1.165) is 30.0 Å². The quantitative estimate of drug-likeness (QED) is 0.770. The number of hydrogen-bond acceptors (Lipinski definition) is 5. The van der Waals surface area contributed by atoms with Gasteiger partial charge in [0.2, 0.25) is 12.7 Å². The van der Waals surface area contributed by atoms with Gasteiger partial charge in [0.25, 0.3) is 0 Å². The van der Waals surface area contributed by atoms with Gasteiger partial charge in [-0.25, -0.2) is 8.42 Å². The first-order valence-corrected chi connectivity index (χ1v) is 11.3. The first-order chi connectivity index (χ1) is 13.4. The van der Waals surface area contributed by atoms with E-state index < -0.39 is 9.84 Å². The average Bonchev–Trinajstić information content (AvgIpc) is 3.34. The number of sulfone groups is 1. The van der Waals surface area contributed by atoms with Gasteiger partial charge in [0, 0.05) is 31.7 Å². The Labute approximate surface area is 165 Å². The van der Waals surface area contributed by atoms with Crippen LogP contribution >= 0.6 is 0 Å². The highest BCUT2D eigenvalue weighted by atomic mass is 32.2. The fraction of sp³-hybridized carbons (Fsp3) is 0.381. The van der Waals surface area contributed by atoms with Crippen LogP contribution in [-0.2, 0) is 21.1 Å². The van der Waals surface area contributed by atoms with Crippen LogP contribution in [0, 0.1) is 0 Å². The molecule has 1 unspecified atom stereocenters. The van der Waals surface area contributed by atoms with Crippen molar-refractivity contribution in [3.8, 4) is 11.5 Å². The van der Waals surface area contributed by atoms with Crippen LogP contribution in [0.4, 0.5) is 0 Å². The Kier molecular flexibility index (Phi) is 5.02. The first kappa shape index (κ1) is 18.8. The highest BCUT2D eigenvalue weighted by Gasteiger charge is 2.28. The summed E-state index contributed by atoms with van der Waals surface area (Å²) in [6.45, 7) is 1.73. The second-order valence-corrected chi connectivity index (χ2v) is 9.37. The molecule has 1 atom stereocenters. The number of carbonyl (C=O) groups excluding carboxylic acids is 1. The topological polar surface area (TPSA) is 72.9 Å². The predicted octanol–water partition coefficient (Wildman–Crippen LogP) is 2.77. The summed E-state index contributed by atoms with van der Waals surface area (Å²) < 4.78 is 33.8. The van der Waals surface area contributed by atoms with E-state index in [-0.39, 0.29) is 12.7 Å². The molecular weight excluding hydrogens is 378 g/mol. The van der Waals surface area contributed by atoms with Crippen molar-refractivity contribution >= 4 is 15.7 Å². The number of ether oxygens (including phenoxy) is 2. The molecule has 2 aliphatic heterocycles. The van der Waals surface area contributed by atoms with Crippen molar-refractivity contribution < 1.29 is 22.7 Å². The molecule has 2 aliphatic rings. The minimum atomic E-state index is -3.19. The molecule has 1 amide bonds. The molecule has 2 aromatic carbocycles. The van der Waals surface area contributed by atoms with Gasteiger partial charge in [-0.3, -0.25) is 4.79 Å². The lowest BCUT2D eigenvalue weighted by Crippen LogP contribution is -2.28. The number of nitrogens with zero attached hydrogens (tertiary/aromatic N) is 1. The number of aryl methyl sites for hydroxylation is 1. The van der Waals surface area contributed by atoms with Crippen LogP contribution in [0.15, 0.2) is 47.4 Å². The Hall–Kier alpha value is -2.54. The Morgan fingerprint density at radius 1 is 1.11 bits per heavy atom. The number of amides is 1. The molecule has 2 aromatic rings. The fourth-order valence-electron chi connectivity index (χ4n) is 3.74. The van der Waals surface area contributed by atoms with Gasteiger partial charge in [0.1, 0.15) is 0 Å². The normalized spacial score (nSPS) is 18.5. The van der Waals surface area contributed by atoms with Crippen molar-refractivity contribution in [1.29, 1.82) is 0 Å². The Morgan fingerprint density at radius 3 is 2.61 bits per heavy atom. The molecule has 148 valence electrons. The number of rotatable bonds is 5. The summed E-state index contributed by atoms with van der Waals surface area (Å²) >= 11 is 0. The summed E-state index contributed by atoms with van der Waals surface area (Å²) in [7, 11) is -3.19. The molecule has 28 heavy (non-hydrogen) atoms. The van der Waals surface area contributed by atoms with Gasteiger partial charge in [-0.2, -0.15) is 0 Å². The first-order valence-electron chi connectivity index (χ1n) is 9.36. The van der Waals surface area contributed by atoms with Crippen LogP contribution in [0.25, 0.3) is 0 Å². The monoisotopic (exact) mass is 401 g/mol. The number of likely N-dealkylation sites (tertiary alicyclic amines) is 1. The minimum Gasteiger partial charge on any atom is -0.454 e. The Morgan fingerprint density at radius 2 is 1.86 bits per heavy atom. The molecule has 4 rings (SSSR count). The predicted molar refractivity (Wildman–Crippen MR) is 104 cm³/mol. The summed E-state index contributed by atoms with van der Waals surface area (Å²) in [6, 6.07) is 12.8. The molecular formula is C21H23NO5S. The van der Waals surface area contributed by atoms with Crippen LogP contribution in [0.2, 0.25) is 0 Å². The third-order valence-corrected chi connectivity index (χ3v) is 6.52. The molecule has 0 spiro atoms. The van der Waals surface area contributed by atoms with Gasteiger partial charge >= 0.3 is 0 Å². The lowest BCUT2D eigenvalue weighted by atomic mass is 9.98. The molecule has 7 heteroatoms. The molecule has 0 bridgehead atoms. The SMILES string of the molecule is CS(=O)(=O)c1ccc(CCC(=O)N2CCC(c3ccc4c(c3)OCO4)C2)cc1. The van der Waals surface area contributed by atoms with Gasteiger partial charge in [-0.1, -0.05) is 18.2 Å². The smallest absolute Gasteiger partial charge is 0.231 e. The summed E-state index contributed by atoms with van der Waals surface area (Å²) in [5, 5.41) is 0. The fourth-order valence-corrected chi connectivity index (χ4v) is 4.37. The van der Waals surface area contributed by atoms with Crippen molar-refractivity contribution in [2.45, 2.75) is 30.1 Å². The van der Waals surface area contributed by atoms with Gasteiger partial charge < -0.3 is 14.4 Å². The Bertz CT molecular complexity index is 984. The summed E-state index contributed by atoms with van der Waals surface area (Å²) in [5.74, 6) is 2.00. The Balaban J connectivity index is 1.32. The van der Waals surface area contributed by atoms with Crippen LogP contribution in [-0.4, -0.2) is 45.4 Å². The zero-order valence-corrected chi connectivity index (χ0v) is 16.6. The molecule has 0 N–H and O–H groups in total. The van der Waals surface area contributed by atoms with Gasteiger partial charge in [0.15, 0.2) is 21.3 Å². The van der Waals surface area contributed by atoms with Crippen LogP contribution in [0.3, 0.4) is 0 Å². The number of hydrogen-bond donors (Lipinski definition) is 0. The highest BCUT2D eigenvalue weighted by Crippen LogP contribution is 2.37. The van der Waals surface area contributed by atoms with Crippen molar-refractivity contribution in [2.75, 3.05) is 26.1 Å². The van der Waals surface area contributed by atoms with E-state index in [1.165, 1.54) is 11.8 Å². The molecule has 1 saturated heterocycles. The molecule has 6 nitrogen and oxygen atoms in total. The van der Waals surface area contributed by atoms with Crippen molar-refractivity contribution in [3.63, 3.8) is 0 Å². The largest absolute Gasteiger partial charge is 0.454 e. The van der Waals surface area contributed by atoms with Crippen LogP contribution in [0.1, 0.15) is 29.9 Å². The summed E-state index contributed by atoms with van der Waals surface area (Å²) in [5.41, 5.74) is 2.14. The molecule has 0 aliphatic carbocycles. The van der Waals surface area contributed by atoms with Crippen molar-refractivity contribution in [2.24, 2.45) is 0 Å². The molecule has 2 heterocycles. The van der Waals surface area contributed by atoms with E-state index in [9.17, 15) is 13.2 Å². The van der Waals surface area contributed by atoms with Gasteiger partial charge in [0.05, 0.1) is 4.90 Å². The number of benzene rings is 2. The van der Waals surface area contributed by atoms with E-state index in [0.29, 0.717) is 30.2 Å². The van der Waals surface area contributed by atoms with E-state index in [4.69, 9.17) is 9.47 Å². The van der Waals surface area contributed by atoms with Gasteiger partial charge in [-0.05, 0) is 48.2 Å². The molecule has 0 saturated carbocycles. The zero-order chi connectivity index (χ0) is 19.7. The molecule has 0 radical (unpaired) electrons. The van der Waals surface area contributed by atoms with E-state index in [1.807, 2.05) is 17.0 Å². The maximum Gasteiger partial charge on any atom is 0.231 e. The highest BCUT2D eigenvalue weighted by molar-refractivity contribution is 7.90. The summed E-state index contributed by atoms with van der Waals surface area (Å²) in [4.78, 5) is 14.8. The van der Waals surface area contributed by atoms with Crippen LogP contribution < -0.4 is 9.47 Å². The lowest BCUT2D eigenvalue weighted by molar-refractivity contribution is -0.130. The second kappa shape index (κ2) is 7.47. The third kappa shape index (κ3) is 3.99. The van der Waals surface area contributed by atoms with Crippen molar-refractivity contribution in [1.82, 2.24) is 4.90 Å².